The number of aryl methyl sites for hydroxylation is 1. The van der Waals surface area contributed by atoms with Crippen LogP contribution < -0.4 is 5.73 Å². The van der Waals surface area contributed by atoms with E-state index in [2.05, 4.69) is 31.4 Å². The third-order valence-electron chi connectivity index (χ3n) is 2.37. The molecule has 2 N–H and O–H groups in total. The molecule has 0 saturated carbocycles. The van der Waals surface area contributed by atoms with Crippen LogP contribution in [0.15, 0.2) is 22.4 Å². The monoisotopic (exact) mass is 223 g/mol. The van der Waals surface area contributed by atoms with Crippen molar-refractivity contribution < 1.29 is 0 Å². The Bertz CT molecular complexity index is 460. The zero-order chi connectivity index (χ0) is 10.1. The van der Waals surface area contributed by atoms with Crippen LogP contribution in [0.25, 0.3) is 10.1 Å². The third kappa shape index (κ3) is 1.41. The molecule has 2 aromatic rings. The van der Waals surface area contributed by atoms with E-state index in [1.165, 1.54) is 19.9 Å². The first-order valence-corrected chi connectivity index (χ1v) is 6.66. The van der Waals surface area contributed by atoms with Crippen molar-refractivity contribution in [2.45, 2.75) is 17.6 Å². The number of anilines is 1. The molecule has 0 amide bonds. The van der Waals surface area contributed by atoms with E-state index in [1.807, 2.05) is 11.3 Å². The van der Waals surface area contributed by atoms with Gasteiger partial charge in [0.05, 0.1) is 9.90 Å². The molecule has 74 valence electrons. The molecule has 1 nitrogen and oxygen atoms in total. The van der Waals surface area contributed by atoms with Gasteiger partial charge in [-0.1, -0.05) is 25.1 Å². The second-order valence-electron chi connectivity index (χ2n) is 3.15. The molecule has 0 atom stereocenters. The number of thioether (sulfide) groups is 1. The first-order chi connectivity index (χ1) is 6.77. The van der Waals surface area contributed by atoms with Gasteiger partial charge in [-0.15, -0.1) is 23.1 Å². The first-order valence-electron chi connectivity index (χ1n) is 4.61. The van der Waals surface area contributed by atoms with Crippen molar-refractivity contribution in [3.63, 3.8) is 0 Å². The maximum absolute atomic E-state index is 6.06. The fourth-order valence-corrected chi connectivity index (χ4v) is 3.56. The number of hydrogen-bond acceptors (Lipinski definition) is 3. The highest BCUT2D eigenvalue weighted by Gasteiger charge is 2.10. The standard InChI is InChI=1S/C11H13NS2/c1-3-7-5-4-6-8-9(12)11(13-2)14-10(7)8/h4-6H,3,12H2,1-2H3. The summed E-state index contributed by atoms with van der Waals surface area (Å²) in [6.45, 7) is 2.18. The van der Waals surface area contributed by atoms with Crippen LogP contribution in [0.5, 0.6) is 0 Å². The van der Waals surface area contributed by atoms with E-state index in [-0.39, 0.29) is 0 Å². The zero-order valence-corrected chi connectivity index (χ0v) is 9.97. The number of benzene rings is 1. The van der Waals surface area contributed by atoms with Crippen molar-refractivity contribution >= 4 is 38.9 Å². The van der Waals surface area contributed by atoms with Crippen LogP contribution in [-0.2, 0) is 6.42 Å². The minimum atomic E-state index is 0.952. The van der Waals surface area contributed by atoms with Crippen LogP contribution >= 0.6 is 23.1 Å². The van der Waals surface area contributed by atoms with Crippen molar-refractivity contribution in [2.24, 2.45) is 0 Å². The van der Waals surface area contributed by atoms with Crippen LogP contribution in [-0.4, -0.2) is 6.26 Å². The molecule has 0 aliphatic carbocycles. The number of nitrogens with two attached hydrogens (primary N) is 1. The summed E-state index contributed by atoms with van der Waals surface area (Å²) in [6, 6.07) is 6.39. The summed E-state index contributed by atoms with van der Waals surface area (Å²) < 4.78 is 2.60. The molecule has 0 radical (unpaired) electrons. The summed E-state index contributed by atoms with van der Waals surface area (Å²) in [5, 5.41) is 1.22. The molecule has 0 aliphatic heterocycles. The van der Waals surface area contributed by atoms with E-state index in [0.717, 1.165) is 12.1 Å². The van der Waals surface area contributed by atoms with Crippen molar-refractivity contribution in [3.05, 3.63) is 23.8 Å². The van der Waals surface area contributed by atoms with Crippen molar-refractivity contribution in [2.75, 3.05) is 12.0 Å². The van der Waals surface area contributed by atoms with Gasteiger partial charge >= 0.3 is 0 Å². The summed E-state index contributed by atoms with van der Waals surface area (Å²) in [6.07, 6.45) is 3.15. The normalized spacial score (nSPS) is 11.0. The number of fused-ring (bicyclic) bond motifs is 1. The van der Waals surface area contributed by atoms with Crippen LogP contribution in [0.4, 0.5) is 5.69 Å². The topological polar surface area (TPSA) is 26.0 Å². The van der Waals surface area contributed by atoms with Gasteiger partial charge in [0.15, 0.2) is 0 Å². The van der Waals surface area contributed by atoms with Crippen LogP contribution in [0, 0.1) is 0 Å². The summed E-state index contributed by atoms with van der Waals surface area (Å²) in [7, 11) is 0. The van der Waals surface area contributed by atoms with Gasteiger partial charge in [0.25, 0.3) is 0 Å². The third-order valence-corrected chi connectivity index (χ3v) is 4.80. The lowest BCUT2D eigenvalue weighted by molar-refractivity contribution is 1.16. The molecule has 1 aromatic carbocycles. The molecule has 0 unspecified atom stereocenters. The smallest absolute Gasteiger partial charge is 0.0838 e. The van der Waals surface area contributed by atoms with E-state index in [1.54, 1.807) is 11.8 Å². The average molecular weight is 223 g/mol. The Morgan fingerprint density at radius 1 is 1.43 bits per heavy atom. The van der Waals surface area contributed by atoms with Gasteiger partial charge in [0, 0.05) is 10.1 Å². The minimum Gasteiger partial charge on any atom is -0.397 e. The predicted octanol–water partition coefficient (Wildman–Crippen LogP) is 3.77. The number of hydrogen-bond donors (Lipinski definition) is 1. The van der Waals surface area contributed by atoms with Gasteiger partial charge < -0.3 is 5.73 Å². The summed E-state index contributed by atoms with van der Waals surface area (Å²) in [5.41, 5.74) is 8.42. The first kappa shape index (κ1) is 9.87. The Morgan fingerprint density at radius 2 is 2.21 bits per heavy atom. The predicted molar refractivity (Wildman–Crippen MR) is 67.4 cm³/mol. The highest BCUT2D eigenvalue weighted by atomic mass is 32.2. The molecule has 0 spiro atoms. The molecule has 0 fully saturated rings. The van der Waals surface area contributed by atoms with E-state index >= 15 is 0 Å². The lowest BCUT2D eigenvalue weighted by Crippen LogP contribution is -1.84. The summed E-state index contributed by atoms with van der Waals surface area (Å²) in [5.74, 6) is 0. The summed E-state index contributed by atoms with van der Waals surface area (Å²) in [4.78, 5) is 0. The SMILES string of the molecule is CCc1cccc2c(N)c(SC)sc12. The number of thiophene rings is 1. The lowest BCUT2D eigenvalue weighted by atomic mass is 10.1. The Kier molecular flexibility index (Phi) is 2.70. The molecule has 0 aliphatic rings. The number of nitrogen functional groups attached to an aromatic ring is 1. The molecule has 3 heteroatoms. The lowest BCUT2D eigenvalue weighted by Gasteiger charge is -1.97. The van der Waals surface area contributed by atoms with Crippen LogP contribution in [0.2, 0.25) is 0 Å². The van der Waals surface area contributed by atoms with E-state index < -0.39 is 0 Å². The van der Waals surface area contributed by atoms with Gasteiger partial charge in [-0.3, -0.25) is 0 Å². The van der Waals surface area contributed by atoms with E-state index in [9.17, 15) is 0 Å². The van der Waals surface area contributed by atoms with E-state index in [0.29, 0.717) is 0 Å². The Balaban J connectivity index is 2.77. The van der Waals surface area contributed by atoms with Crippen LogP contribution in [0.3, 0.4) is 0 Å². The molecule has 0 bridgehead atoms. The van der Waals surface area contributed by atoms with Crippen molar-refractivity contribution in [3.8, 4) is 0 Å². The fraction of sp³-hybridized carbons (Fsp3) is 0.273. The minimum absolute atomic E-state index is 0.952. The largest absolute Gasteiger partial charge is 0.397 e. The Morgan fingerprint density at radius 3 is 2.86 bits per heavy atom. The molecule has 1 aromatic heterocycles. The van der Waals surface area contributed by atoms with Gasteiger partial charge in [-0.2, -0.15) is 0 Å². The molecule has 1 heterocycles. The highest BCUT2D eigenvalue weighted by Crippen LogP contribution is 2.40. The maximum atomic E-state index is 6.06. The second kappa shape index (κ2) is 3.83. The van der Waals surface area contributed by atoms with Gasteiger partial charge in [0.2, 0.25) is 0 Å². The maximum Gasteiger partial charge on any atom is 0.0838 e. The second-order valence-corrected chi connectivity index (χ2v) is 5.25. The molecule has 14 heavy (non-hydrogen) atoms. The Hall–Kier alpha value is -0.670. The quantitative estimate of drug-likeness (QED) is 0.784. The van der Waals surface area contributed by atoms with Crippen molar-refractivity contribution in [1.82, 2.24) is 0 Å². The number of rotatable bonds is 2. The molecule has 2 rings (SSSR count). The molecular weight excluding hydrogens is 210 g/mol. The molecule has 0 saturated heterocycles. The average Bonchev–Trinajstić information content (AvgIpc) is 2.55. The van der Waals surface area contributed by atoms with Crippen molar-refractivity contribution in [1.29, 1.82) is 0 Å². The molecular formula is C11H13NS2. The highest BCUT2D eigenvalue weighted by molar-refractivity contribution is 8.00. The zero-order valence-electron chi connectivity index (χ0n) is 8.33. The fourth-order valence-electron chi connectivity index (χ4n) is 1.61. The Labute approximate surface area is 92.3 Å². The van der Waals surface area contributed by atoms with Gasteiger partial charge in [0.1, 0.15) is 0 Å². The summed E-state index contributed by atoms with van der Waals surface area (Å²) >= 11 is 3.55. The van der Waals surface area contributed by atoms with Gasteiger partial charge in [-0.25, -0.2) is 0 Å². The van der Waals surface area contributed by atoms with E-state index in [4.69, 9.17) is 5.73 Å². The van der Waals surface area contributed by atoms with Gasteiger partial charge in [-0.05, 0) is 18.2 Å². The van der Waals surface area contributed by atoms with Crippen LogP contribution in [0.1, 0.15) is 12.5 Å².